The van der Waals surface area contributed by atoms with Gasteiger partial charge in [0.1, 0.15) is 22.3 Å². The van der Waals surface area contributed by atoms with Crippen molar-refractivity contribution >= 4 is 60.9 Å². The summed E-state index contributed by atoms with van der Waals surface area (Å²) in [6.45, 7) is 23.4. The Bertz CT molecular complexity index is 4110. The third-order valence-electron chi connectivity index (χ3n) is 17.0. The summed E-state index contributed by atoms with van der Waals surface area (Å²) in [7, 11) is 0. The molecule has 14 rings (SSSR count). The van der Waals surface area contributed by atoms with Gasteiger partial charge in [-0.25, -0.2) is 0 Å². The highest BCUT2D eigenvalue weighted by Gasteiger charge is 2.44. The van der Waals surface area contributed by atoms with Gasteiger partial charge < -0.3 is 13.7 Å². The first-order valence-electron chi connectivity index (χ1n) is 25.0. The predicted octanol–water partition coefficient (Wildman–Crippen LogP) is 18.8. The molecular formula is C67H55NO2. The van der Waals surface area contributed by atoms with Gasteiger partial charge in [-0.15, -0.1) is 0 Å². The Kier molecular flexibility index (Phi) is 8.15. The Balaban J connectivity index is 0.948. The molecule has 0 N–H and O–H groups in total. The van der Waals surface area contributed by atoms with E-state index in [2.05, 4.69) is 226 Å². The summed E-state index contributed by atoms with van der Waals surface area (Å²) < 4.78 is 13.3. The Morgan fingerprint density at radius 2 is 0.900 bits per heavy atom. The number of rotatable bonds is 4. The first-order valence-corrected chi connectivity index (χ1v) is 25.0. The molecule has 0 bridgehead atoms. The van der Waals surface area contributed by atoms with Gasteiger partial charge in [-0.2, -0.15) is 0 Å². The molecule has 11 aromatic rings. The van der Waals surface area contributed by atoms with E-state index >= 15 is 0 Å². The fraction of sp³-hybridized carbons (Fsp3) is 0.194. The molecule has 0 saturated heterocycles. The fourth-order valence-corrected chi connectivity index (χ4v) is 13.5. The molecule has 0 radical (unpaired) electrons. The van der Waals surface area contributed by atoms with Crippen molar-refractivity contribution in [1.82, 2.24) is 0 Å². The lowest BCUT2D eigenvalue weighted by Crippen LogP contribution is -2.19. The van der Waals surface area contributed by atoms with E-state index in [0.29, 0.717) is 0 Å². The topological polar surface area (TPSA) is 29.5 Å². The third kappa shape index (κ3) is 5.36. The van der Waals surface area contributed by atoms with Gasteiger partial charge in [0.15, 0.2) is 0 Å². The molecule has 2 aromatic heterocycles. The Morgan fingerprint density at radius 1 is 0.371 bits per heavy atom. The number of furan rings is 2. The molecule has 9 aromatic carbocycles. The molecule has 0 fully saturated rings. The summed E-state index contributed by atoms with van der Waals surface area (Å²) >= 11 is 0. The molecule has 0 unspecified atom stereocenters. The number of anilines is 3. The quantitative estimate of drug-likeness (QED) is 0.176. The van der Waals surface area contributed by atoms with Crippen LogP contribution in [0.15, 0.2) is 160 Å². The third-order valence-corrected chi connectivity index (χ3v) is 17.0. The van der Waals surface area contributed by atoms with Crippen LogP contribution in [-0.4, -0.2) is 0 Å². The van der Waals surface area contributed by atoms with Crippen LogP contribution in [0, 0.1) is 27.7 Å². The smallest absolute Gasteiger partial charge is 0.143 e. The molecule has 3 nitrogen and oxygen atoms in total. The maximum absolute atomic E-state index is 6.83. The van der Waals surface area contributed by atoms with Gasteiger partial charge in [-0.05, 0) is 172 Å². The minimum atomic E-state index is -0.293. The van der Waals surface area contributed by atoms with Gasteiger partial charge in [0.2, 0.25) is 0 Å². The number of benzene rings is 9. The fourth-order valence-electron chi connectivity index (χ4n) is 13.5. The zero-order valence-corrected chi connectivity index (χ0v) is 41.7. The minimum absolute atomic E-state index is 0.171. The lowest BCUT2D eigenvalue weighted by molar-refractivity contribution is 0.651. The number of hydrogen-bond donors (Lipinski definition) is 0. The van der Waals surface area contributed by atoms with E-state index in [1.54, 1.807) is 0 Å². The van der Waals surface area contributed by atoms with Gasteiger partial charge in [0.25, 0.3) is 0 Å². The number of aryl methyl sites for hydroxylation is 4. The second kappa shape index (κ2) is 13.8. The molecule has 3 aliphatic rings. The average Bonchev–Trinajstić information content (AvgIpc) is 4.08. The monoisotopic (exact) mass is 905 g/mol. The highest BCUT2D eigenvalue weighted by Crippen LogP contribution is 2.60. The van der Waals surface area contributed by atoms with E-state index < -0.39 is 0 Å². The van der Waals surface area contributed by atoms with E-state index in [1.165, 1.54) is 116 Å². The van der Waals surface area contributed by atoms with Crippen LogP contribution in [0.25, 0.3) is 88.4 Å². The highest BCUT2D eigenvalue weighted by molar-refractivity contribution is 6.19. The summed E-state index contributed by atoms with van der Waals surface area (Å²) in [6, 6.07) is 57.1. The summed E-state index contributed by atoms with van der Waals surface area (Å²) in [5, 5.41) is 4.77. The molecule has 3 aliphatic carbocycles. The molecule has 2 heterocycles. The zero-order chi connectivity index (χ0) is 47.9. The van der Waals surface area contributed by atoms with Gasteiger partial charge in [-0.1, -0.05) is 144 Å². The normalized spacial score (nSPS) is 15.3. The van der Waals surface area contributed by atoms with Crippen LogP contribution in [-0.2, 0) is 16.2 Å². The second-order valence-electron chi connectivity index (χ2n) is 22.3. The summed E-state index contributed by atoms with van der Waals surface area (Å²) in [4.78, 5) is 2.55. The largest absolute Gasteiger partial charge is 0.456 e. The van der Waals surface area contributed by atoms with Gasteiger partial charge in [-0.3, -0.25) is 0 Å². The van der Waals surface area contributed by atoms with Gasteiger partial charge in [0, 0.05) is 54.7 Å². The first kappa shape index (κ1) is 41.4. The van der Waals surface area contributed by atoms with Crippen LogP contribution < -0.4 is 4.90 Å². The maximum atomic E-state index is 6.83. The molecule has 70 heavy (non-hydrogen) atoms. The molecule has 340 valence electrons. The van der Waals surface area contributed by atoms with Crippen LogP contribution in [0.1, 0.15) is 97.2 Å². The van der Waals surface area contributed by atoms with E-state index in [0.717, 1.165) is 44.7 Å². The average molecular weight is 906 g/mol. The summed E-state index contributed by atoms with van der Waals surface area (Å²) in [5.41, 5.74) is 29.9. The van der Waals surface area contributed by atoms with Crippen molar-refractivity contribution in [3.8, 4) is 44.5 Å². The molecular weight excluding hydrogens is 851 g/mol. The lowest BCUT2D eigenvalue weighted by atomic mass is 9.79. The molecule has 0 atom stereocenters. The van der Waals surface area contributed by atoms with Crippen molar-refractivity contribution in [2.45, 2.75) is 85.5 Å². The van der Waals surface area contributed by atoms with Crippen molar-refractivity contribution in [1.29, 1.82) is 0 Å². The molecule has 0 saturated carbocycles. The summed E-state index contributed by atoms with van der Waals surface area (Å²) in [6.07, 6.45) is 0. The number of fused-ring (bicyclic) bond motifs is 17. The van der Waals surface area contributed by atoms with Gasteiger partial charge >= 0.3 is 0 Å². The van der Waals surface area contributed by atoms with Crippen LogP contribution in [0.4, 0.5) is 17.1 Å². The van der Waals surface area contributed by atoms with Crippen LogP contribution in [0.3, 0.4) is 0 Å². The van der Waals surface area contributed by atoms with Crippen LogP contribution in [0.2, 0.25) is 0 Å². The number of nitrogens with zero attached hydrogens (tertiary/aromatic N) is 1. The summed E-state index contributed by atoms with van der Waals surface area (Å²) in [5.74, 6) is 0. The Morgan fingerprint density at radius 3 is 1.60 bits per heavy atom. The van der Waals surface area contributed by atoms with Crippen molar-refractivity contribution in [3.63, 3.8) is 0 Å². The lowest BCUT2D eigenvalue weighted by Gasteiger charge is -2.32. The van der Waals surface area contributed by atoms with Crippen LogP contribution in [0.5, 0.6) is 0 Å². The Hall–Kier alpha value is -7.62. The van der Waals surface area contributed by atoms with Gasteiger partial charge in [0.05, 0.1) is 5.69 Å². The van der Waals surface area contributed by atoms with Crippen LogP contribution >= 0.6 is 0 Å². The molecule has 0 aliphatic heterocycles. The highest BCUT2D eigenvalue weighted by atomic mass is 16.3. The minimum Gasteiger partial charge on any atom is -0.456 e. The van der Waals surface area contributed by atoms with Crippen molar-refractivity contribution < 1.29 is 8.83 Å². The zero-order valence-electron chi connectivity index (χ0n) is 41.7. The van der Waals surface area contributed by atoms with Crippen molar-refractivity contribution in [3.05, 3.63) is 207 Å². The van der Waals surface area contributed by atoms with Crippen molar-refractivity contribution in [2.24, 2.45) is 0 Å². The number of para-hydroxylation sites is 2. The predicted molar refractivity (Wildman–Crippen MR) is 293 cm³/mol. The molecule has 3 heteroatoms. The van der Waals surface area contributed by atoms with E-state index in [9.17, 15) is 0 Å². The number of hydrogen-bond acceptors (Lipinski definition) is 3. The van der Waals surface area contributed by atoms with E-state index in [1.807, 2.05) is 0 Å². The second-order valence-corrected chi connectivity index (χ2v) is 22.3. The standard InChI is InChI=1S/C67H55NO2/c1-36-19-21-40(22-20-36)47-33-55-59(62-46-16-12-14-18-57(46)70-64(47)62)44-26-24-42(32-52(44)67(55,9)10)68(63-38(3)29-37(2)30-39(63)4)41-23-25-43-48-34-54-49(35-53(48)66(7,8)51(43)31-41)60-50(65(54,5)6)27-28-58-61(60)45-15-11-13-17-56(45)69-58/h11-35H,1-10H3. The Labute approximate surface area is 410 Å². The first-order chi connectivity index (χ1) is 33.6. The van der Waals surface area contributed by atoms with E-state index in [-0.39, 0.29) is 16.2 Å². The molecule has 0 spiro atoms. The maximum Gasteiger partial charge on any atom is 0.143 e. The molecule has 0 amide bonds. The van der Waals surface area contributed by atoms with E-state index in [4.69, 9.17) is 8.83 Å². The SMILES string of the molecule is Cc1ccc(-c2cc3c(c4c2oc2ccccc24)-c2ccc(N(c4ccc5c(c4)C(C)(C)c4cc6c(cc4-5)C(C)(C)c4ccc5oc7ccccc7c5c4-6)c4c(C)cc(C)cc4C)cc2C3(C)C)cc1. The van der Waals surface area contributed by atoms with Crippen molar-refractivity contribution in [2.75, 3.05) is 4.90 Å².